The first-order chi connectivity index (χ1) is 11.0. The average molecular weight is 336 g/mol. The van der Waals surface area contributed by atoms with Crippen molar-refractivity contribution in [1.82, 2.24) is 20.2 Å². The smallest absolute Gasteiger partial charge is 0.185 e. The number of hydrogen-bond acceptors (Lipinski definition) is 6. The van der Waals surface area contributed by atoms with E-state index in [9.17, 15) is 8.42 Å². The number of sulfone groups is 1. The summed E-state index contributed by atoms with van der Waals surface area (Å²) in [5, 5.41) is 11.6. The summed E-state index contributed by atoms with van der Waals surface area (Å²) in [6, 6.07) is 5.26. The normalized spacial score (nSPS) is 16.6. The molecule has 1 fully saturated rings. The highest BCUT2D eigenvalue weighted by Crippen LogP contribution is 2.23. The van der Waals surface area contributed by atoms with Gasteiger partial charge in [-0.25, -0.2) is 13.1 Å². The van der Waals surface area contributed by atoms with Gasteiger partial charge in [0.1, 0.15) is 5.75 Å². The molecule has 23 heavy (non-hydrogen) atoms. The van der Waals surface area contributed by atoms with E-state index in [0.29, 0.717) is 23.9 Å². The molecule has 0 radical (unpaired) electrons. The molecule has 0 N–H and O–H groups in total. The van der Waals surface area contributed by atoms with Gasteiger partial charge in [0.2, 0.25) is 0 Å². The molecule has 8 heteroatoms. The van der Waals surface area contributed by atoms with Crippen molar-refractivity contribution in [3.05, 3.63) is 35.2 Å². The van der Waals surface area contributed by atoms with Crippen LogP contribution in [0.2, 0.25) is 0 Å². The highest BCUT2D eigenvalue weighted by atomic mass is 32.2. The van der Waals surface area contributed by atoms with E-state index in [1.54, 1.807) is 16.8 Å². The van der Waals surface area contributed by atoms with Crippen molar-refractivity contribution in [2.24, 2.45) is 0 Å². The number of nitrogens with zero attached hydrogens (tertiary/aromatic N) is 4. The fourth-order valence-electron chi connectivity index (χ4n) is 2.68. The number of benzene rings is 1. The Balaban J connectivity index is 1.86. The first kappa shape index (κ1) is 16.1. The van der Waals surface area contributed by atoms with Crippen LogP contribution in [-0.4, -0.2) is 41.8 Å². The first-order valence-electron chi connectivity index (χ1n) is 7.62. The minimum Gasteiger partial charge on any atom is -0.381 e. The topological polar surface area (TPSA) is 87.0 Å². The number of tetrazole rings is 1. The molecule has 0 bridgehead atoms. The molecular formula is C15H20N4O3S. The van der Waals surface area contributed by atoms with Crippen LogP contribution in [0.15, 0.2) is 23.1 Å². The van der Waals surface area contributed by atoms with Crippen LogP contribution < -0.4 is 0 Å². The zero-order valence-electron chi connectivity index (χ0n) is 13.3. The molecule has 1 aromatic carbocycles. The molecule has 0 aliphatic carbocycles. The van der Waals surface area contributed by atoms with Gasteiger partial charge in [-0.15, -0.1) is 5.10 Å². The molecule has 0 saturated carbocycles. The van der Waals surface area contributed by atoms with Gasteiger partial charge in [0.05, 0.1) is 10.9 Å². The van der Waals surface area contributed by atoms with E-state index in [1.807, 2.05) is 19.9 Å². The lowest BCUT2D eigenvalue weighted by Gasteiger charge is -2.22. The second-order valence-corrected chi connectivity index (χ2v) is 7.88. The molecule has 0 atom stereocenters. The van der Waals surface area contributed by atoms with Crippen molar-refractivity contribution >= 4 is 9.84 Å². The Morgan fingerprint density at radius 1 is 1.22 bits per heavy atom. The van der Waals surface area contributed by atoms with Gasteiger partial charge in [0.15, 0.2) is 15.7 Å². The van der Waals surface area contributed by atoms with Gasteiger partial charge in [-0.2, -0.15) is 0 Å². The second kappa shape index (κ2) is 6.37. The maximum atomic E-state index is 12.7. The van der Waals surface area contributed by atoms with Crippen LogP contribution in [0, 0.1) is 13.8 Å². The van der Waals surface area contributed by atoms with Crippen LogP contribution in [0.3, 0.4) is 0 Å². The van der Waals surface area contributed by atoms with Gasteiger partial charge in [0.25, 0.3) is 0 Å². The van der Waals surface area contributed by atoms with Crippen LogP contribution in [0.1, 0.15) is 35.8 Å². The molecular weight excluding hydrogens is 316 g/mol. The minimum atomic E-state index is -3.48. The van der Waals surface area contributed by atoms with Crippen LogP contribution in [0.5, 0.6) is 0 Å². The molecule has 2 heterocycles. The average Bonchev–Trinajstić information content (AvgIpc) is 2.98. The van der Waals surface area contributed by atoms with E-state index in [4.69, 9.17) is 4.74 Å². The van der Waals surface area contributed by atoms with Gasteiger partial charge < -0.3 is 4.74 Å². The lowest BCUT2D eigenvalue weighted by molar-refractivity contribution is 0.0650. The predicted octanol–water partition coefficient (Wildman–Crippen LogP) is 1.62. The third-order valence-electron chi connectivity index (χ3n) is 4.25. The van der Waals surface area contributed by atoms with Crippen molar-refractivity contribution in [1.29, 1.82) is 0 Å². The molecule has 1 saturated heterocycles. The summed E-state index contributed by atoms with van der Waals surface area (Å²) in [4.78, 5) is 0.308. The summed E-state index contributed by atoms with van der Waals surface area (Å²) in [6.07, 6.45) is 1.59. The van der Waals surface area contributed by atoms with E-state index in [0.717, 1.165) is 24.0 Å². The third kappa shape index (κ3) is 3.42. The Morgan fingerprint density at radius 3 is 2.65 bits per heavy atom. The summed E-state index contributed by atoms with van der Waals surface area (Å²) in [7, 11) is -3.48. The predicted molar refractivity (Wildman–Crippen MR) is 83.7 cm³/mol. The van der Waals surface area contributed by atoms with E-state index < -0.39 is 9.84 Å². The van der Waals surface area contributed by atoms with E-state index in [-0.39, 0.29) is 11.8 Å². The number of aromatic nitrogens is 4. The molecule has 124 valence electrons. The molecule has 7 nitrogen and oxygen atoms in total. The van der Waals surface area contributed by atoms with E-state index >= 15 is 0 Å². The fraction of sp³-hybridized carbons (Fsp3) is 0.533. The van der Waals surface area contributed by atoms with Gasteiger partial charge in [0, 0.05) is 13.2 Å². The molecule has 0 amide bonds. The summed E-state index contributed by atoms with van der Waals surface area (Å²) in [5.74, 6) is 0.190. The molecule has 1 aliphatic rings. The number of hydrogen-bond donors (Lipinski definition) is 0. The summed E-state index contributed by atoms with van der Waals surface area (Å²) in [5.41, 5.74) is 2.02. The number of rotatable bonds is 4. The van der Waals surface area contributed by atoms with Gasteiger partial charge in [-0.05, 0) is 60.4 Å². The second-order valence-electron chi connectivity index (χ2n) is 5.89. The lowest BCUT2D eigenvalue weighted by Crippen LogP contribution is -2.23. The Labute approximate surface area is 135 Å². The highest BCUT2D eigenvalue weighted by Gasteiger charge is 2.25. The maximum absolute atomic E-state index is 12.7. The Bertz CT molecular complexity index is 795. The monoisotopic (exact) mass is 336 g/mol. The zero-order chi connectivity index (χ0) is 16.4. The van der Waals surface area contributed by atoms with Crippen LogP contribution >= 0.6 is 0 Å². The van der Waals surface area contributed by atoms with Crippen molar-refractivity contribution in [3.8, 4) is 0 Å². The standard InChI is InChI=1S/C15H20N4O3S/c1-11-3-4-14(9-12(11)2)23(20,21)10-15-16-17-18-19(15)13-5-7-22-8-6-13/h3-4,9,13H,5-8,10H2,1-2H3. The van der Waals surface area contributed by atoms with Crippen LogP contribution in [-0.2, 0) is 20.3 Å². The molecule has 3 rings (SSSR count). The number of aryl methyl sites for hydroxylation is 2. The highest BCUT2D eigenvalue weighted by molar-refractivity contribution is 7.90. The molecule has 1 aromatic heterocycles. The van der Waals surface area contributed by atoms with E-state index in [1.165, 1.54) is 0 Å². The fourth-order valence-corrected chi connectivity index (χ4v) is 4.01. The first-order valence-corrected chi connectivity index (χ1v) is 9.27. The summed E-state index contributed by atoms with van der Waals surface area (Å²) < 4.78 is 32.3. The molecule has 0 unspecified atom stereocenters. The minimum absolute atomic E-state index is 0.101. The summed E-state index contributed by atoms with van der Waals surface area (Å²) >= 11 is 0. The Kier molecular flexibility index (Phi) is 4.45. The van der Waals surface area contributed by atoms with Gasteiger partial charge >= 0.3 is 0 Å². The lowest BCUT2D eigenvalue weighted by atomic mass is 10.1. The van der Waals surface area contributed by atoms with Crippen molar-refractivity contribution in [3.63, 3.8) is 0 Å². The van der Waals surface area contributed by atoms with Crippen molar-refractivity contribution < 1.29 is 13.2 Å². The van der Waals surface area contributed by atoms with E-state index in [2.05, 4.69) is 15.5 Å². The Morgan fingerprint density at radius 2 is 1.96 bits per heavy atom. The molecule has 2 aromatic rings. The Hall–Kier alpha value is -1.80. The van der Waals surface area contributed by atoms with Gasteiger partial charge in [-0.1, -0.05) is 6.07 Å². The largest absolute Gasteiger partial charge is 0.381 e. The summed E-state index contributed by atoms with van der Waals surface area (Å²) in [6.45, 7) is 5.15. The van der Waals surface area contributed by atoms with Crippen LogP contribution in [0.25, 0.3) is 0 Å². The molecule has 0 spiro atoms. The van der Waals surface area contributed by atoms with Crippen molar-refractivity contribution in [2.75, 3.05) is 13.2 Å². The third-order valence-corrected chi connectivity index (χ3v) is 5.86. The zero-order valence-corrected chi connectivity index (χ0v) is 14.1. The van der Waals surface area contributed by atoms with Crippen LogP contribution in [0.4, 0.5) is 0 Å². The maximum Gasteiger partial charge on any atom is 0.185 e. The van der Waals surface area contributed by atoms with Crippen molar-refractivity contribution in [2.45, 2.75) is 43.4 Å². The molecule has 1 aliphatic heterocycles. The quantitative estimate of drug-likeness (QED) is 0.843. The SMILES string of the molecule is Cc1ccc(S(=O)(=O)Cc2nnnn2C2CCOCC2)cc1C. The number of ether oxygens (including phenoxy) is 1. The van der Waals surface area contributed by atoms with Gasteiger partial charge in [-0.3, -0.25) is 0 Å².